The van der Waals surface area contributed by atoms with Gasteiger partial charge < -0.3 is 5.32 Å². The third kappa shape index (κ3) is 5.76. The summed E-state index contributed by atoms with van der Waals surface area (Å²) in [5, 5.41) is 3.72. The zero-order valence-electron chi connectivity index (χ0n) is 14.2. The molecule has 2 rings (SSSR count). The van der Waals surface area contributed by atoms with Crippen molar-refractivity contribution in [3.63, 3.8) is 0 Å². The molecule has 0 saturated heterocycles. The van der Waals surface area contributed by atoms with Gasteiger partial charge in [0, 0.05) is 31.4 Å². The van der Waals surface area contributed by atoms with Gasteiger partial charge in [-0.15, -0.1) is 0 Å². The van der Waals surface area contributed by atoms with Crippen LogP contribution in [0.5, 0.6) is 0 Å². The number of aryl methyl sites for hydroxylation is 1. The van der Waals surface area contributed by atoms with E-state index in [1.54, 1.807) is 0 Å². The summed E-state index contributed by atoms with van der Waals surface area (Å²) < 4.78 is 0. The maximum atomic E-state index is 4.62. The second-order valence-electron chi connectivity index (χ2n) is 7.16. The molecule has 0 spiro atoms. The van der Waals surface area contributed by atoms with Crippen LogP contribution in [0.25, 0.3) is 0 Å². The lowest BCUT2D eigenvalue weighted by Crippen LogP contribution is -2.41. The minimum absolute atomic E-state index is 0.357. The maximum Gasteiger partial charge on any atom is 0.0547 e. The van der Waals surface area contributed by atoms with Crippen molar-refractivity contribution < 1.29 is 0 Å². The first-order valence-corrected chi connectivity index (χ1v) is 8.35. The Bertz CT molecular complexity index is 442. The minimum atomic E-state index is 0.357. The summed E-state index contributed by atoms with van der Waals surface area (Å²) in [5.41, 5.74) is 2.63. The predicted molar refractivity (Wildman–Crippen MR) is 89.3 cm³/mol. The molecule has 0 bridgehead atoms. The fourth-order valence-corrected chi connectivity index (χ4v) is 3.18. The highest BCUT2D eigenvalue weighted by molar-refractivity contribution is 5.09. The first-order chi connectivity index (χ1) is 10.0. The number of aromatic nitrogens is 1. The molecule has 3 heteroatoms. The summed E-state index contributed by atoms with van der Waals surface area (Å²) in [6.07, 6.45) is 5.26. The van der Waals surface area contributed by atoms with Crippen molar-refractivity contribution in [2.75, 3.05) is 20.1 Å². The summed E-state index contributed by atoms with van der Waals surface area (Å²) >= 11 is 0. The molecule has 0 aliphatic heterocycles. The normalized spacial score (nSPS) is 18.0. The molecule has 21 heavy (non-hydrogen) atoms. The molecule has 1 aliphatic carbocycles. The summed E-state index contributed by atoms with van der Waals surface area (Å²) in [4.78, 5) is 7.04. The molecule has 1 saturated carbocycles. The van der Waals surface area contributed by atoms with Gasteiger partial charge in [-0.2, -0.15) is 0 Å². The van der Waals surface area contributed by atoms with Gasteiger partial charge in [-0.1, -0.05) is 26.3 Å². The number of rotatable bonds is 9. The van der Waals surface area contributed by atoms with Crippen molar-refractivity contribution in [1.82, 2.24) is 15.2 Å². The van der Waals surface area contributed by atoms with Crippen LogP contribution in [0.1, 0.15) is 50.9 Å². The van der Waals surface area contributed by atoms with E-state index in [1.807, 2.05) is 0 Å². The lowest BCUT2D eigenvalue weighted by atomic mass is 9.84. The summed E-state index contributed by atoms with van der Waals surface area (Å²) in [5.74, 6) is 0. The molecule has 1 atom stereocenters. The van der Waals surface area contributed by atoms with Crippen molar-refractivity contribution in [2.24, 2.45) is 5.41 Å². The number of pyridine rings is 1. The third-order valence-corrected chi connectivity index (χ3v) is 4.28. The number of hydrogen-bond donors (Lipinski definition) is 1. The highest BCUT2D eigenvalue weighted by atomic mass is 15.1. The van der Waals surface area contributed by atoms with Gasteiger partial charge in [0.25, 0.3) is 0 Å². The average molecular weight is 289 g/mol. The van der Waals surface area contributed by atoms with Gasteiger partial charge in [-0.3, -0.25) is 9.88 Å². The standard InChI is InChI=1S/C18H31N3/c1-5-11-18(3,13-19-16-9-10-16)14-21(4)12-17-8-6-7-15(2)20-17/h6-8,16,19H,5,9-14H2,1-4H3. The van der Waals surface area contributed by atoms with E-state index in [0.717, 1.165) is 31.4 Å². The second kappa shape index (κ2) is 7.37. The number of nitrogens with one attached hydrogen (secondary N) is 1. The molecule has 0 radical (unpaired) electrons. The third-order valence-electron chi connectivity index (χ3n) is 4.28. The first-order valence-electron chi connectivity index (χ1n) is 8.35. The molecule has 1 unspecified atom stereocenters. The van der Waals surface area contributed by atoms with Gasteiger partial charge in [-0.05, 0) is 50.8 Å². The van der Waals surface area contributed by atoms with E-state index in [1.165, 1.54) is 31.4 Å². The van der Waals surface area contributed by atoms with Gasteiger partial charge in [0.2, 0.25) is 0 Å². The van der Waals surface area contributed by atoms with Crippen molar-refractivity contribution in [3.05, 3.63) is 29.6 Å². The maximum absolute atomic E-state index is 4.62. The monoisotopic (exact) mass is 289 g/mol. The van der Waals surface area contributed by atoms with E-state index in [4.69, 9.17) is 0 Å². The largest absolute Gasteiger partial charge is 0.313 e. The van der Waals surface area contributed by atoms with Crippen LogP contribution >= 0.6 is 0 Å². The van der Waals surface area contributed by atoms with E-state index in [-0.39, 0.29) is 0 Å². The van der Waals surface area contributed by atoms with E-state index in [9.17, 15) is 0 Å². The highest BCUT2D eigenvalue weighted by Crippen LogP contribution is 2.27. The smallest absolute Gasteiger partial charge is 0.0547 e. The van der Waals surface area contributed by atoms with Crippen molar-refractivity contribution in [2.45, 2.75) is 59.0 Å². The van der Waals surface area contributed by atoms with E-state index in [2.05, 4.69) is 61.2 Å². The van der Waals surface area contributed by atoms with E-state index in [0.29, 0.717) is 5.41 Å². The van der Waals surface area contributed by atoms with Gasteiger partial charge >= 0.3 is 0 Å². The topological polar surface area (TPSA) is 28.2 Å². The highest BCUT2D eigenvalue weighted by Gasteiger charge is 2.29. The predicted octanol–water partition coefficient (Wildman–Crippen LogP) is 3.38. The first kappa shape index (κ1) is 16.4. The fraction of sp³-hybridized carbons (Fsp3) is 0.722. The van der Waals surface area contributed by atoms with Crippen LogP contribution in [0.2, 0.25) is 0 Å². The van der Waals surface area contributed by atoms with Crippen LogP contribution in [-0.4, -0.2) is 36.1 Å². The van der Waals surface area contributed by atoms with Crippen LogP contribution in [0.15, 0.2) is 18.2 Å². The number of nitrogens with zero attached hydrogens (tertiary/aromatic N) is 2. The van der Waals surface area contributed by atoms with Crippen LogP contribution in [0.3, 0.4) is 0 Å². The molecule has 1 fully saturated rings. The molecular weight excluding hydrogens is 258 g/mol. The molecule has 1 aromatic heterocycles. The Morgan fingerprint density at radius 2 is 2.14 bits per heavy atom. The number of hydrogen-bond acceptors (Lipinski definition) is 3. The Labute approximate surface area is 130 Å². The molecule has 1 aromatic rings. The molecule has 3 nitrogen and oxygen atoms in total. The molecule has 1 heterocycles. The molecular formula is C18H31N3. The molecule has 1 N–H and O–H groups in total. The zero-order chi connectivity index (χ0) is 15.3. The lowest BCUT2D eigenvalue weighted by molar-refractivity contribution is 0.166. The molecule has 1 aliphatic rings. The lowest BCUT2D eigenvalue weighted by Gasteiger charge is -2.34. The van der Waals surface area contributed by atoms with Crippen LogP contribution in [-0.2, 0) is 6.54 Å². The Morgan fingerprint density at radius 1 is 1.38 bits per heavy atom. The Kier molecular flexibility index (Phi) is 5.77. The average Bonchev–Trinajstić information content (AvgIpc) is 3.20. The molecule has 0 aromatic carbocycles. The van der Waals surface area contributed by atoms with Gasteiger partial charge in [-0.25, -0.2) is 0 Å². The second-order valence-corrected chi connectivity index (χ2v) is 7.16. The van der Waals surface area contributed by atoms with Gasteiger partial charge in [0.05, 0.1) is 5.69 Å². The molecule has 118 valence electrons. The zero-order valence-corrected chi connectivity index (χ0v) is 14.2. The minimum Gasteiger partial charge on any atom is -0.313 e. The summed E-state index contributed by atoms with van der Waals surface area (Å²) in [6.45, 7) is 9.96. The van der Waals surface area contributed by atoms with Crippen LogP contribution < -0.4 is 5.32 Å². The summed E-state index contributed by atoms with van der Waals surface area (Å²) in [6, 6.07) is 7.09. The Morgan fingerprint density at radius 3 is 2.76 bits per heavy atom. The Balaban J connectivity index is 1.88. The van der Waals surface area contributed by atoms with Gasteiger partial charge in [0.1, 0.15) is 0 Å². The Hall–Kier alpha value is -0.930. The van der Waals surface area contributed by atoms with Crippen LogP contribution in [0, 0.1) is 12.3 Å². The summed E-state index contributed by atoms with van der Waals surface area (Å²) in [7, 11) is 2.22. The van der Waals surface area contributed by atoms with Crippen molar-refractivity contribution >= 4 is 0 Å². The van der Waals surface area contributed by atoms with Crippen molar-refractivity contribution in [1.29, 1.82) is 0 Å². The van der Waals surface area contributed by atoms with Crippen LogP contribution in [0.4, 0.5) is 0 Å². The SMILES string of the molecule is CCCC(C)(CNC1CC1)CN(C)Cc1cccc(C)n1. The fourth-order valence-electron chi connectivity index (χ4n) is 3.18. The van der Waals surface area contributed by atoms with E-state index < -0.39 is 0 Å². The van der Waals surface area contributed by atoms with Gasteiger partial charge in [0.15, 0.2) is 0 Å². The molecule has 0 amide bonds. The van der Waals surface area contributed by atoms with Crippen molar-refractivity contribution in [3.8, 4) is 0 Å². The van der Waals surface area contributed by atoms with E-state index >= 15 is 0 Å². The quantitative estimate of drug-likeness (QED) is 0.755.